The van der Waals surface area contributed by atoms with E-state index in [1.165, 1.54) is 6.07 Å². The van der Waals surface area contributed by atoms with Gasteiger partial charge in [0.1, 0.15) is 0 Å². The van der Waals surface area contributed by atoms with E-state index < -0.39 is 11.6 Å². The molecule has 0 bridgehead atoms. The van der Waals surface area contributed by atoms with E-state index >= 15 is 0 Å². The summed E-state index contributed by atoms with van der Waals surface area (Å²) in [6.07, 6.45) is 10.7. The van der Waals surface area contributed by atoms with E-state index in [-0.39, 0.29) is 34.3 Å². The van der Waals surface area contributed by atoms with Crippen LogP contribution < -0.4 is 17.1 Å². The van der Waals surface area contributed by atoms with Gasteiger partial charge in [-0.3, -0.25) is 4.79 Å². The average molecular weight is 500 g/mol. The highest BCUT2D eigenvalue weighted by Gasteiger charge is 2.67. The summed E-state index contributed by atoms with van der Waals surface area (Å²) in [5, 5.41) is 12.4. The van der Waals surface area contributed by atoms with Crippen molar-refractivity contribution in [3.8, 4) is 0 Å². The lowest BCUT2D eigenvalue weighted by Crippen LogP contribution is -2.62. The maximum Gasteiger partial charge on any atom is 0.335 e. The fraction of sp³-hybridized carbons (Fsp3) is 0.793. The molecule has 0 aliphatic heterocycles. The van der Waals surface area contributed by atoms with Gasteiger partial charge in [0.25, 0.3) is 0 Å². The molecule has 0 radical (unpaired) electrons. The molecule has 36 heavy (non-hydrogen) atoms. The molecule has 7 heteroatoms. The Labute approximate surface area is 215 Å². The Morgan fingerprint density at radius 3 is 2.58 bits per heavy atom. The summed E-state index contributed by atoms with van der Waals surface area (Å²) in [6, 6.07) is 3.12. The number of carbonyl (C=O) groups excluding carboxylic acids is 1. The van der Waals surface area contributed by atoms with E-state index in [0.29, 0.717) is 30.8 Å². The van der Waals surface area contributed by atoms with Gasteiger partial charge in [-0.1, -0.05) is 13.8 Å². The van der Waals surface area contributed by atoms with Crippen LogP contribution in [0.4, 0.5) is 0 Å². The van der Waals surface area contributed by atoms with E-state index in [0.717, 1.165) is 63.4 Å². The van der Waals surface area contributed by atoms with Gasteiger partial charge in [-0.15, -0.1) is 0 Å². The minimum absolute atomic E-state index is 0.0132. The molecule has 0 aromatic carbocycles. The first kappa shape index (κ1) is 25.9. The molecule has 0 saturated heterocycles. The number of nitrogens with zero attached hydrogens (tertiary/aromatic N) is 1. The summed E-state index contributed by atoms with van der Waals surface area (Å²) in [4.78, 5) is 26.4. The molecular weight excluding hydrogens is 454 g/mol. The number of fused-ring (bicyclic) bond motifs is 5. The number of nitrogens with two attached hydrogens (primary N) is 2. The molecule has 1 aromatic rings. The Kier molecular flexibility index (Phi) is 6.66. The summed E-state index contributed by atoms with van der Waals surface area (Å²) >= 11 is 0. The third-order valence-corrected chi connectivity index (χ3v) is 11.4. The van der Waals surface area contributed by atoms with Gasteiger partial charge in [0.05, 0.1) is 17.9 Å². The Morgan fingerprint density at radius 1 is 1.14 bits per heavy atom. The third-order valence-electron chi connectivity index (χ3n) is 11.4. The van der Waals surface area contributed by atoms with Gasteiger partial charge in [0, 0.05) is 30.6 Å². The fourth-order valence-corrected chi connectivity index (χ4v) is 9.46. The molecule has 4 aliphatic carbocycles. The standard InChI is InChI=1S/C29H45N3O4/c1-18(31)26(34)32(15-14-30)21-8-11-27(2)20(16-21)5-6-24-23(27)9-12-28(3)22(10-13-29(24,28)35)19-4-7-25(33)36-17-19/h4,7,17-18,20-24,35H,5-6,8-16,30-31H2,1-3H3/t18?,20-,21+,22-,23+,24-,27+,28-,29+/m1/s1. The Morgan fingerprint density at radius 2 is 1.92 bits per heavy atom. The Balaban J connectivity index is 1.37. The molecule has 5 N–H and O–H groups in total. The van der Waals surface area contributed by atoms with E-state index in [9.17, 15) is 14.7 Å². The van der Waals surface area contributed by atoms with Crippen LogP contribution in [-0.2, 0) is 4.79 Å². The summed E-state index contributed by atoms with van der Waals surface area (Å²) < 4.78 is 5.22. The highest BCUT2D eigenvalue weighted by atomic mass is 16.4. The second-order valence-corrected chi connectivity index (χ2v) is 12.9. The summed E-state index contributed by atoms with van der Waals surface area (Å²) in [6.45, 7) is 7.54. The van der Waals surface area contributed by atoms with Crippen molar-refractivity contribution in [2.75, 3.05) is 13.1 Å². The molecule has 4 fully saturated rings. The van der Waals surface area contributed by atoms with Crippen molar-refractivity contribution >= 4 is 5.91 Å². The van der Waals surface area contributed by atoms with Crippen LogP contribution in [0.2, 0.25) is 0 Å². The van der Waals surface area contributed by atoms with Gasteiger partial charge >= 0.3 is 5.63 Å². The number of amides is 1. The van der Waals surface area contributed by atoms with Crippen molar-refractivity contribution in [1.29, 1.82) is 0 Å². The molecule has 1 heterocycles. The third kappa shape index (κ3) is 3.80. The normalized spacial score (nSPS) is 42.7. The molecule has 1 unspecified atom stereocenters. The minimum Gasteiger partial charge on any atom is -0.431 e. The predicted octanol–water partition coefficient (Wildman–Crippen LogP) is 3.38. The smallest absolute Gasteiger partial charge is 0.335 e. The van der Waals surface area contributed by atoms with Crippen molar-refractivity contribution in [2.24, 2.45) is 40.1 Å². The van der Waals surface area contributed by atoms with Crippen LogP contribution in [0.5, 0.6) is 0 Å². The molecule has 4 aliphatic rings. The first-order valence-electron chi connectivity index (χ1n) is 14.1. The first-order chi connectivity index (χ1) is 17.0. The fourth-order valence-electron chi connectivity index (χ4n) is 9.46. The topological polar surface area (TPSA) is 123 Å². The molecule has 0 spiro atoms. The van der Waals surface area contributed by atoms with Crippen LogP contribution in [0.15, 0.2) is 27.6 Å². The van der Waals surface area contributed by atoms with Gasteiger partial charge in [-0.2, -0.15) is 0 Å². The first-order valence-corrected chi connectivity index (χ1v) is 14.1. The van der Waals surface area contributed by atoms with Crippen LogP contribution in [-0.4, -0.2) is 46.7 Å². The lowest BCUT2D eigenvalue weighted by atomic mass is 9.43. The van der Waals surface area contributed by atoms with E-state index in [4.69, 9.17) is 15.9 Å². The van der Waals surface area contributed by atoms with Crippen molar-refractivity contribution in [3.05, 3.63) is 34.4 Å². The van der Waals surface area contributed by atoms with Gasteiger partial charge in [-0.25, -0.2) is 4.79 Å². The number of hydrogen-bond acceptors (Lipinski definition) is 6. The average Bonchev–Trinajstić information content (AvgIpc) is 3.13. The monoisotopic (exact) mass is 499 g/mol. The number of hydrogen-bond donors (Lipinski definition) is 3. The Bertz CT molecular complexity index is 1020. The highest BCUT2D eigenvalue weighted by Crippen LogP contribution is 2.70. The van der Waals surface area contributed by atoms with Crippen LogP contribution in [0.1, 0.15) is 90.0 Å². The maximum atomic E-state index is 12.9. The maximum absolute atomic E-state index is 12.9. The molecule has 7 nitrogen and oxygen atoms in total. The van der Waals surface area contributed by atoms with Crippen LogP contribution in [0, 0.1) is 28.6 Å². The second-order valence-electron chi connectivity index (χ2n) is 12.9. The van der Waals surface area contributed by atoms with Gasteiger partial charge in [-0.05, 0) is 105 Å². The van der Waals surface area contributed by atoms with E-state index in [1.54, 1.807) is 13.2 Å². The molecule has 9 atom stereocenters. The van der Waals surface area contributed by atoms with Crippen LogP contribution >= 0.6 is 0 Å². The molecule has 5 rings (SSSR count). The molecule has 4 saturated carbocycles. The van der Waals surface area contributed by atoms with Crippen LogP contribution in [0.25, 0.3) is 0 Å². The van der Waals surface area contributed by atoms with Gasteiger partial charge < -0.3 is 25.9 Å². The SMILES string of the molecule is CC(N)C(=O)N(CCN)[C@H]1CC[C@@]2(C)[C@H](CC[C@@H]3[C@@H]2CC[C@]2(C)[C@@H](c4ccc(=O)oc4)CC[C@]32O)C1. The molecular formula is C29H45N3O4. The van der Waals surface area contributed by atoms with Crippen molar-refractivity contribution in [3.63, 3.8) is 0 Å². The summed E-state index contributed by atoms with van der Waals surface area (Å²) in [7, 11) is 0. The van der Waals surface area contributed by atoms with Crippen molar-refractivity contribution < 1.29 is 14.3 Å². The lowest BCUT2D eigenvalue weighted by molar-refractivity contribution is -0.204. The lowest BCUT2D eigenvalue weighted by Gasteiger charge is -2.64. The van der Waals surface area contributed by atoms with Gasteiger partial charge in [0.15, 0.2) is 0 Å². The zero-order valence-electron chi connectivity index (χ0n) is 22.2. The van der Waals surface area contributed by atoms with E-state index in [1.807, 2.05) is 11.0 Å². The summed E-state index contributed by atoms with van der Waals surface area (Å²) in [5.41, 5.74) is 11.8. The minimum atomic E-state index is -0.696. The van der Waals surface area contributed by atoms with Crippen LogP contribution in [0.3, 0.4) is 0 Å². The van der Waals surface area contributed by atoms with Gasteiger partial charge in [0.2, 0.25) is 5.91 Å². The van der Waals surface area contributed by atoms with Crippen molar-refractivity contribution in [1.82, 2.24) is 4.90 Å². The largest absolute Gasteiger partial charge is 0.431 e. The molecule has 200 valence electrons. The molecule has 1 aromatic heterocycles. The number of carbonyl (C=O) groups is 1. The second kappa shape index (κ2) is 9.25. The predicted molar refractivity (Wildman–Crippen MR) is 139 cm³/mol. The summed E-state index contributed by atoms with van der Waals surface area (Å²) in [5.74, 6) is 1.56. The highest BCUT2D eigenvalue weighted by molar-refractivity contribution is 5.81. The molecule has 1 amide bonds. The quantitative estimate of drug-likeness (QED) is 0.571. The van der Waals surface area contributed by atoms with Crippen molar-refractivity contribution in [2.45, 2.75) is 102 Å². The number of rotatable bonds is 5. The zero-order valence-corrected chi connectivity index (χ0v) is 22.2. The van der Waals surface area contributed by atoms with E-state index in [2.05, 4.69) is 13.8 Å². The Hall–Kier alpha value is -1.70. The number of aliphatic hydroxyl groups is 1. The zero-order chi connectivity index (χ0) is 25.9.